The largest absolute Gasteiger partial charge is 0.500 e. The minimum Gasteiger partial charge on any atom is -0.500 e. The van der Waals surface area contributed by atoms with E-state index in [0.717, 1.165) is 96.6 Å². The van der Waals surface area contributed by atoms with Crippen molar-refractivity contribution in [3.63, 3.8) is 0 Å². The van der Waals surface area contributed by atoms with Crippen LogP contribution in [0, 0.1) is 24.9 Å². The summed E-state index contributed by atoms with van der Waals surface area (Å²) in [4.78, 5) is 10.0. The molecule has 67 heavy (non-hydrogen) atoms. The maximum absolute atomic E-state index is 9.04. The quantitative estimate of drug-likeness (QED) is 0.0907. The van der Waals surface area contributed by atoms with E-state index in [-0.39, 0.29) is 31.6 Å². The van der Waals surface area contributed by atoms with Crippen LogP contribution in [0.4, 0.5) is 0 Å². The summed E-state index contributed by atoms with van der Waals surface area (Å²) in [5.41, 5.74) is 10.4. The SMILES string of the molecule is [2H]C([2H])([2H])c1c[c-]c(-c2cc(C([2H])([2H])C3CCCCC3)[c]([Ge]([CH3])([CH3])[CH3])cn2)cc1.[Ir].[c-]1cc2oc3ccccc3c2cc1-c1nc2c3ccc4ccccc4c3ccc2n1-c1cccc(-c2ccccc2)c1. The first kappa shape index (κ1) is 38.9. The van der Waals surface area contributed by atoms with E-state index in [0.29, 0.717) is 11.3 Å². The summed E-state index contributed by atoms with van der Waals surface area (Å²) in [6.45, 7) is -2.16. The molecule has 0 unspecified atom stereocenters. The summed E-state index contributed by atoms with van der Waals surface area (Å²) >= 11 is -2.35. The van der Waals surface area contributed by atoms with Gasteiger partial charge in [-0.05, 0) is 51.6 Å². The normalized spacial score (nSPS) is 14.8. The number of para-hydroxylation sites is 1. The molecule has 4 nitrogen and oxygen atoms in total. The zero-order chi connectivity index (χ0) is 49.1. The minimum absolute atomic E-state index is 0. The minimum atomic E-state index is -2.35. The van der Waals surface area contributed by atoms with Crippen LogP contribution in [0.25, 0.3) is 94.0 Å². The van der Waals surface area contributed by atoms with Gasteiger partial charge in [0.05, 0.1) is 22.4 Å². The van der Waals surface area contributed by atoms with Crippen LogP contribution in [-0.2, 0) is 26.5 Å². The molecule has 333 valence electrons. The first-order chi connectivity index (χ1) is 34.2. The Labute approximate surface area is 416 Å². The molecule has 0 N–H and O–H groups in total. The van der Waals surface area contributed by atoms with Gasteiger partial charge in [-0.15, -0.1) is 23.8 Å². The standard InChI is InChI=1S/C39H23N2O.C22H30GeN.Ir/c1-2-9-25(10-3-1)27-12-8-13-29(23-27)41-35-21-20-31-30-14-5-4-11-26(30)17-19-33(31)38(35)40-39(41)28-18-22-37-34(24-28)32-15-6-7-16-36(32)42-37;1-17-10-12-19(13-11-17)22-15-20(14-18-8-6-5-7-9-18)21(16-24-22)23(2,3)4;/h1-17,19-24H;10-12,15-16,18H,5-9,14H2,1-4H3;/q2*-1;/i;1D3,14D2;. The first-order valence-electron chi connectivity index (χ1n) is 25.6. The number of rotatable bonds is 7. The molecule has 3 aromatic heterocycles. The number of fused-ring (bicyclic) bond motifs is 8. The van der Waals surface area contributed by atoms with Gasteiger partial charge in [0.15, 0.2) is 0 Å². The third-order valence-electron chi connectivity index (χ3n) is 13.1. The third kappa shape index (κ3) is 8.93. The summed E-state index contributed by atoms with van der Waals surface area (Å²) < 4.78 is 50.2. The Morgan fingerprint density at radius 2 is 1.43 bits per heavy atom. The average Bonchev–Trinajstić information content (AvgIpc) is 3.98. The molecule has 0 saturated heterocycles. The number of aryl methyl sites for hydroxylation is 1. The van der Waals surface area contributed by atoms with Crippen molar-refractivity contribution in [3.05, 3.63) is 193 Å². The molecule has 0 spiro atoms. The molecule has 1 fully saturated rings. The van der Waals surface area contributed by atoms with Crippen LogP contribution in [0.1, 0.15) is 50.1 Å². The van der Waals surface area contributed by atoms with Crippen LogP contribution in [0.15, 0.2) is 174 Å². The third-order valence-corrected chi connectivity index (χ3v) is 17.3. The molecule has 0 amide bonds. The maximum atomic E-state index is 9.04. The van der Waals surface area contributed by atoms with Crippen LogP contribution < -0.4 is 4.40 Å². The van der Waals surface area contributed by atoms with Gasteiger partial charge in [-0.25, -0.2) is 0 Å². The van der Waals surface area contributed by atoms with E-state index in [1.165, 1.54) is 34.2 Å². The van der Waals surface area contributed by atoms with Crippen molar-refractivity contribution >= 4 is 72.2 Å². The molecule has 1 radical (unpaired) electrons. The number of imidazole rings is 1. The Morgan fingerprint density at radius 3 is 2.24 bits per heavy atom. The van der Waals surface area contributed by atoms with Crippen molar-refractivity contribution in [3.8, 4) is 39.5 Å². The van der Waals surface area contributed by atoms with Gasteiger partial charge in [0.25, 0.3) is 0 Å². The molecule has 0 atom stereocenters. The molecular formula is C61H53GeIrN3O-2. The fourth-order valence-corrected chi connectivity index (χ4v) is 12.6. The maximum Gasteiger partial charge on any atom is 0.120 e. The second-order valence-electron chi connectivity index (χ2n) is 18.6. The molecule has 12 rings (SSSR count). The van der Waals surface area contributed by atoms with Crippen molar-refractivity contribution in [2.45, 2.75) is 62.6 Å². The summed E-state index contributed by atoms with van der Waals surface area (Å²) in [7, 11) is 0. The Hall–Kier alpha value is -6.11. The topological polar surface area (TPSA) is 43.9 Å². The molecule has 1 aliphatic rings. The van der Waals surface area contributed by atoms with Crippen LogP contribution in [0.2, 0.25) is 17.3 Å². The summed E-state index contributed by atoms with van der Waals surface area (Å²) in [6, 6.07) is 62.1. The van der Waals surface area contributed by atoms with Gasteiger partial charge < -0.3 is 8.98 Å². The van der Waals surface area contributed by atoms with Crippen molar-refractivity contribution < 1.29 is 31.4 Å². The number of nitrogens with zero attached hydrogens (tertiary/aromatic N) is 3. The summed E-state index contributed by atoms with van der Waals surface area (Å²) in [5.74, 6) is 7.71. The number of aromatic nitrogens is 3. The summed E-state index contributed by atoms with van der Waals surface area (Å²) in [5, 5.41) is 6.96. The molecule has 0 bridgehead atoms. The van der Waals surface area contributed by atoms with Gasteiger partial charge >= 0.3 is 157 Å². The van der Waals surface area contributed by atoms with E-state index in [4.69, 9.17) is 16.3 Å². The van der Waals surface area contributed by atoms with E-state index in [2.05, 4.69) is 160 Å². The van der Waals surface area contributed by atoms with E-state index in [1.807, 2.05) is 30.5 Å². The van der Waals surface area contributed by atoms with E-state index >= 15 is 0 Å². The number of hydrogen-bond acceptors (Lipinski definition) is 3. The predicted molar refractivity (Wildman–Crippen MR) is 280 cm³/mol. The Kier molecular flexibility index (Phi) is 11.0. The van der Waals surface area contributed by atoms with Crippen LogP contribution in [0.5, 0.6) is 0 Å². The molecule has 8 aromatic carbocycles. The number of benzene rings is 8. The smallest absolute Gasteiger partial charge is 0.120 e. The molecule has 1 saturated carbocycles. The monoisotopic (exact) mass is 1120 g/mol. The van der Waals surface area contributed by atoms with Gasteiger partial charge in [0.2, 0.25) is 0 Å². The van der Waals surface area contributed by atoms with Crippen LogP contribution >= 0.6 is 0 Å². The Bertz CT molecular complexity index is 3760. The van der Waals surface area contributed by atoms with Crippen molar-refractivity contribution in [2.24, 2.45) is 5.92 Å². The average molecular weight is 1110 g/mol. The second-order valence-corrected chi connectivity index (χ2v) is 29.1. The van der Waals surface area contributed by atoms with Crippen LogP contribution in [-0.4, -0.2) is 27.8 Å². The van der Waals surface area contributed by atoms with E-state index in [1.54, 1.807) is 12.1 Å². The zero-order valence-corrected chi connectivity index (χ0v) is 42.4. The molecule has 11 aromatic rings. The second kappa shape index (κ2) is 18.9. The molecule has 1 aliphatic carbocycles. The van der Waals surface area contributed by atoms with Crippen molar-refractivity contribution in [1.29, 1.82) is 0 Å². The van der Waals surface area contributed by atoms with Gasteiger partial charge in [-0.3, -0.25) is 4.98 Å². The van der Waals surface area contributed by atoms with Crippen molar-refractivity contribution in [1.82, 2.24) is 14.5 Å². The molecular weight excluding hydrogens is 1060 g/mol. The van der Waals surface area contributed by atoms with Gasteiger partial charge in [-0.1, -0.05) is 109 Å². The number of furan rings is 1. The van der Waals surface area contributed by atoms with Crippen LogP contribution in [0.3, 0.4) is 0 Å². The number of pyridine rings is 1. The molecule has 6 heteroatoms. The summed E-state index contributed by atoms with van der Waals surface area (Å²) in [6.07, 6.45) is 5.74. The van der Waals surface area contributed by atoms with Crippen molar-refractivity contribution in [2.75, 3.05) is 0 Å². The predicted octanol–water partition coefficient (Wildman–Crippen LogP) is 15.9. The van der Waals surface area contributed by atoms with Gasteiger partial charge in [0.1, 0.15) is 5.58 Å². The fourth-order valence-electron chi connectivity index (χ4n) is 9.70. The van der Waals surface area contributed by atoms with Gasteiger partial charge in [-0.2, -0.15) is 0 Å². The van der Waals surface area contributed by atoms with Gasteiger partial charge in [0, 0.05) is 36.6 Å². The fraction of sp³-hybridized carbons (Fsp3) is 0.180. The van der Waals surface area contributed by atoms with E-state index in [9.17, 15) is 0 Å². The molecule has 3 heterocycles. The first-order valence-corrected chi connectivity index (χ1v) is 30.4. The Morgan fingerprint density at radius 1 is 0.672 bits per heavy atom. The zero-order valence-electron chi connectivity index (χ0n) is 42.9. The van der Waals surface area contributed by atoms with E-state index < -0.39 is 26.5 Å². The molecule has 0 aliphatic heterocycles. The number of hydrogen-bond donors (Lipinski definition) is 0. The Balaban J connectivity index is 0.000000176.